The fraction of sp³-hybridized carbons (Fsp3) is 0.417. The second-order valence-corrected chi connectivity index (χ2v) is 8.08. The highest BCUT2D eigenvalue weighted by Gasteiger charge is 2.13. The van der Waals surface area contributed by atoms with Crippen molar-refractivity contribution in [2.24, 2.45) is 5.92 Å². The van der Waals surface area contributed by atoms with Crippen LogP contribution in [-0.4, -0.2) is 30.8 Å². The van der Waals surface area contributed by atoms with Gasteiger partial charge in [-0.05, 0) is 29.5 Å². The lowest BCUT2D eigenvalue weighted by molar-refractivity contribution is 0.0697. The normalized spacial score (nSPS) is 11.2. The van der Waals surface area contributed by atoms with Crippen LogP contribution in [0.1, 0.15) is 67.6 Å². The van der Waals surface area contributed by atoms with E-state index in [1.807, 2.05) is 28.9 Å². The molecular weight excluding hydrogens is 376 g/mol. The Morgan fingerprint density at radius 1 is 1.13 bits per heavy atom. The van der Waals surface area contributed by atoms with Gasteiger partial charge in [-0.15, -0.1) is 0 Å². The summed E-state index contributed by atoms with van der Waals surface area (Å²) in [7, 11) is 0. The first-order chi connectivity index (χ1) is 14.5. The predicted octanol–water partition coefficient (Wildman–Crippen LogP) is 5.02. The Morgan fingerprint density at radius 2 is 1.90 bits per heavy atom. The number of hydrogen-bond acceptors (Lipinski definition) is 4. The molecule has 158 valence electrons. The van der Waals surface area contributed by atoms with Gasteiger partial charge in [0, 0.05) is 30.8 Å². The largest absolute Gasteiger partial charge is 0.478 e. The quantitative estimate of drug-likeness (QED) is 0.478. The molecule has 6 heteroatoms. The van der Waals surface area contributed by atoms with E-state index < -0.39 is 5.97 Å². The smallest absolute Gasteiger partial charge is 0.336 e. The summed E-state index contributed by atoms with van der Waals surface area (Å²) in [4.78, 5) is 20.4. The van der Waals surface area contributed by atoms with E-state index in [-0.39, 0.29) is 5.56 Å². The lowest BCUT2D eigenvalue weighted by Gasteiger charge is -2.09. The molecule has 0 radical (unpaired) electrons. The minimum Gasteiger partial charge on any atom is -0.478 e. The molecule has 0 spiro atoms. The van der Waals surface area contributed by atoms with Crippen LogP contribution in [0.5, 0.6) is 0 Å². The molecule has 0 atom stereocenters. The van der Waals surface area contributed by atoms with Crippen molar-refractivity contribution in [1.82, 2.24) is 19.7 Å². The molecule has 0 aliphatic heterocycles. The molecule has 3 rings (SSSR count). The Balaban J connectivity index is 1.81. The number of pyridine rings is 1. The summed E-state index contributed by atoms with van der Waals surface area (Å²) in [6.45, 7) is 7.22. The van der Waals surface area contributed by atoms with Gasteiger partial charge < -0.3 is 5.11 Å². The molecule has 0 saturated carbocycles. The van der Waals surface area contributed by atoms with E-state index in [2.05, 4.69) is 25.8 Å². The number of nitrogens with zero attached hydrogens (tertiary/aromatic N) is 4. The summed E-state index contributed by atoms with van der Waals surface area (Å²) in [6, 6.07) is 9.46. The number of carboxylic acid groups (broad SMARTS) is 1. The van der Waals surface area contributed by atoms with E-state index in [4.69, 9.17) is 10.1 Å². The first-order valence-electron chi connectivity index (χ1n) is 10.7. The maximum atomic E-state index is 11.5. The molecule has 2 aromatic heterocycles. The highest BCUT2D eigenvalue weighted by atomic mass is 16.4. The third-order valence-corrected chi connectivity index (χ3v) is 5.04. The molecule has 0 fully saturated rings. The number of rotatable bonds is 10. The van der Waals surface area contributed by atoms with Gasteiger partial charge in [-0.1, -0.05) is 57.9 Å². The number of unbranched alkanes of at least 4 members (excludes halogenated alkanes) is 2. The van der Waals surface area contributed by atoms with Gasteiger partial charge in [-0.3, -0.25) is 4.98 Å². The minimum absolute atomic E-state index is 0.255. The third-order valence-electron chi connectivity index (χ3n) is 5.04. The van der Waals surface area contributed by atoms with Crippen molar-refractivity contribution in [3.63, 3.8) is 0 Å². The second-order valence-electron chi connectivity index (χ2n) is 8.08. The summed E-state index contributed by atoms with van der Waals surface area (Å²) >= 11 is 0. The van der Waals surface area contributed by atoms with Crippen molar-refractivity contribution in [2.75, 3.05) is 0 Å². The van der Waals surface area contributed by atoms with Gasteiger partial charge in [0.1, 0.15) is 5.82 Å². The standard InChI is InChI=1S/C24H30N4O2/c1-4-5-6-7-23-26-22(14-17(2)3)27-28(23)16-18-8-10-19(11-9-18)21-15-25-13-12-20(21)24(29)30/h8-13,15,17H,4-7,14,16H2,1-3H3,(H,29,30). The van der Waals surface area contributed by atoms with E-state index >= 15 is 0 Å². The molecule has 30 heavy (non-hydrogen) atoms. The van der Waals surface area contributed by atoms with Crippen LogP contribution in [0.4, 0.5) is 0 Å². The van der Waals surface area contributed by atoms with E-state index in [1.54, 1.807) is 6.20 Å². The first-order valence-corrected chi connectivity index (χ1v) is 10.7. The van der Waals surface area contributed by atoms with Gasteiger partial charge in [0.15, 0.2) is 5.82 Å². The SMILES string of the molecule is CCCCCc1nc(CC(C)C)nn1Cc1ccc(-c2cnccc2C(=O)O)cc1. The monoisotopic (exact) mass is 406 g/mol. The molecule has 0 aliphatic rings. The van der Waals surface area contributed by atoms with Crippen LogP contribution in [0.3, 0.4) is 0 Å². The van der Waals surface area contributed by atoms with Gasteiger partial charge in [-0.25, -0.2) is 14.5 Å². The number of aromatic carboxylic acids is 1. The van der Waals surface area contributed by atoms with Crippen molar-refractivity contribution in [3.8, 4) is 11.1 Å². The van der Waals surface area contributed by atoms with Gasteiger partial charge in [0.2, 0.25) is 0 Å². The summed E-state index contributed by atoms with van der Waals surface area (Å²) in [5.74, 6) is 1.53. The van der Waals surface area contributed by atoms with Crippen LogP contribution in [-0.2, 0) is 19.4 Å². The molecular formula is C24H30N4O2. The Labute approximate surface area is 178 Å². The topological polar surface area (TPSA) is 80.9 Å². The number of carbonyl (C=O) groups is 1. The summed E-state index contributed by atoms with van der Waals surface area (Å²) in [6.07, 6.45) is 8.41. The Morgan fingerprint density at radius 3 is 2.57 bits per heavy atom. The maximum Gasteiger partial charge on any atom is 0.336 e. The number of aromatic nitrogens is 4. The number of benzene rings is 1. The average molecular weight is 407 g/mol. The Kier molecular flexibility index (Phi) is 7.33. The van der Waals surface area contributed by atoms with Crippen LogP contribution < -0.4 is 0 Å². The van der Waals surface area contributed by atoms with Crippen LogP contribution >= 0.6 is 0 Å². The molecule has 0 saturated heterocycles. The molecule has 0 aliphatic carbocycles. The number of aryl methyl sites for hydroxylation is 1. The van der Waals surface area contributed by atoms with Crippen molar-refractivity contribution in [3.05, 3.63) is 65.5 Å². The fourth-order valence-corrected chi connectivity index (χ4v) is 3.50. The Hall–Kier alpha value is -3.02. The van der Waals surface area contributed by atoms with Gasteiger partial charge in [0.05, 0.1) is 12.1 Å². The zero-order valence-corrected chi connectivity index (χ0v) is 18.0. The summed E-state index contributed by atoms with van der Waals surface area (Å²) in [5, 5.41) is 14.2. The molecule has 0 unspecified atom stereocenters. The lowest BCUT2D eigenvalue weighted by Crippen LogP contribution is -2.07. The predicted molar refractivity (Wildman–Crippen MR) is 118 cm³/mol. The summed E-state index contributed by atoms with van der Waals surface area (Å²) in [5.41, 5.74) is 2.83. The Bertz CT molecular complexity index is 977. The highest BCUT2D eigenvalue weighted by Crippen LogP contribution is 2.23. The average Bonchev–Trinajstić information content (AvgIpc) is 3.09. The van der Waals surface area contributed by atoms with E-state index in [0.29, 0.717) is 18.0 Å². The second kappa shape index (κ2) is 10.1. The van der Waals surface area contributed by atoms with E-state index in [1.165, 1.54) is 25.1 Å². The highest BCUT2D eigenvalue weighted by molar-refractivity contribution is 5.95. The van der Waals surface area contributed by atoms with Crippen molar-refractivity contribution in [2.45, 2.75) is 59.4 Å². The van der Waals surface area contributed by atoms with Gasteiger partial charge in [-0.2, -0.15) is 5.10 Å². The van der Waals surface area contributed by atoms with E-state index in [9.17, 15) is 9.90 Å². The summed E-state index contributed by atoms with van der Waals surface area (Å²) < 4.78 is 2.02. The first kappa shape index (κ1) is 21.7. The van der Waals surface area contributed by atoms with Gasteiger partial charge in [0.25, 0.3) is 0 Å². The molecule has 1 aromatic carbocycles. The van der Waals surface area contributed by atoms with Crippen molar-refractivity contribution < 1.29 is 9.90 Å². The van der Waals surface area contributed by atoms with Gasteiger partial charge >= 0.3 is 5.97 Å². The molecule has 6 nitrogen and oxygen atoms in total. The third kappa shape index (κ3) is 5.53. The van der Waals surface area contributed by atoms with Crippen molar-refractivity contribution in [1.29, 1.82) is 0 Å². The van der Waals surface area contributed by atoms with Crippen LogP contribution in [0, 0.1) is 5.92 Å². The minimum atomic E-state index is -0.950. The molecule has 1 N–H and O–H groups in total. The molecule has 0 amide bonds. The molecule has 0 bridgehead atoms. The van der Waals surface area contributed by atoms with Crippen molar-refractivity contribution >= 4 is 5.97 Å². The van der Waals surface area contributed by atoms with E-state index in [0.717, 1.165) is 42.0 Å². The number of carboxylic acids is 1. The van der Waals surface area contributed by atoms with Crippen LogP contribution in [0.2, 0.25) is 0 Å². The zero-order valence-electron chi connectivity index (χ0n) is 18.0. The molecule has 2 heterocycles. The zero-order chi connectivity index (χ0) is 21.5. The van der Waals surface area contributed by atoms with Crippen LogP contribution in [0.15, 0.2) is 42.7 Å². The van der Waals surface area contributed by atoms with Crippen LogP contribution in [0.25, 0.3) is 11.1 Å². The fourth-order valence-electron chi connectivity index (χ4n) is 3.50. The lowest BCUT2D eigenvalue weighted by atomic mass is 10.0. The number of hydrogen-bond donors (Lipinski definition) is 1. The maximum absolute atomic E-state index is 11.5. The molecule has 3 aromatic rings.